The van der Waals surface area contributed by atoms with Gasteiger partial charge in [0.05, 0.1) is 11.2 Å². The molecule has 0 aromatic rings. The molecule has 6 nitrogen and oxygen atoms in total. The summed E-state index contributed by atoms with van der Waals surface area (Å²) in [5.74, 6) is -0.816. The summed E-state index contributed by atoms with van der Waals surface area (Å²) in [6, 6.07) is -0.0930. The van der Waals surface area contributed by atoms with Crippen molar-refractivity contribution in [1.82, 2.24) is 4.31 Å². The lowest BCUT2D eigenvalue weighted by Crippen LogP contribution is -2.51. The first-order valence-corrected chi connectivity index (χ1v) is 7.31. The van der Waals surface area contributed by atoms with Crippen molar-refractivity contribution in [2.75, 3.05) is 13.1 Å². The molecular weight excluding hydrogens is 242 g/mol. The van der Waals surface area contributed by atoms with Crippen LogP contribution in [0, 0.1) is 5.92 Å². The van der Waals surface area contributed by atoms with Crippen LogP contribution in [0.25, 0.3) is 0 Å². The number of primary amides is 1. The van der Waals surface area contributed by atoms with Gasteiger partial charge in [0, 0.05) is 19.1 Å². The van der Waals surface area contributed by atoms with E-state index in [0.717, 1.165) is 0 Å². The lowest BCUT2D eigenvalue weighted by atomic mass is 9.95. The molecule has 1 rings (SSSR count). The van der Waals surface area contributed by atoms with Crippen LogP contribution in [0.2, 0.25) is 0 Å². The minimum Gasteiger partial charge on any atom is -0.369 e. The SMILES string of the molecule is CC1CCC(C(N)=O)CN1S(=O)(=O)C(C)CN. The topological polar surface area (TPSA) is 106 Å². The van der Waals surface area contributed by atoms with E-state index in [1.807, 2.05) is 6.92 Å². The monoisotopic (exact) mass is 263 g/mol. The Kier molecular flexibility index (Phi) is 4.51. The molecule has 1 amide bonds. The Morgan fingerprint density at radius 3 is 2.53 bits per heavy atom. The third-order valence-electron chi connectivity index (χ3n) is 3.39. The Hall–Kier alpha value is -0.660. The van der Waals surface area contributed by atoms with E-state index in [9.17, 15) is 13.2 Å². The second-order valence-corrected chi connectivity index (χ2v) is 6.99. The zero-order chi connectivity index (χ0) is 13.2. The number of hydrogen-bond donors (Lipinski definition) is 2. The number of sulfonamides is 1. The standard InChI is InChI=1S/C10H21N3O3S/c1-7-3-4-9(10(12)14)6-13(7)17(15,16)8(2)5-11/h7-9H,3-6,11H2,1-2H3,(H2,12,14). The van der Waals surface area contributed by atoms with Gasteiger partial charge in [-0.15, -0.1) is 0 Å². The Balaban J connectivity index is 2.91. The number of nitrogens with zero attached hydrogens (tertiary/aromatic N) is 1. The highest BCUT2D eigenvalue weighted by molar-refractivity contribution is 7.89. The van der Waals surface area contributed by atoms with Crippen LogP contribution < -0.4 is 11.5 Å². The molecule has 0 aromatic carbocycles. The molecule has 0 radical (unpaired) electrons. The van der Waals surface area contributed by atoms with Crippen LogP contribution in [0.4, 0.5) is 0 Å². The fraction of sp³-hybridized carbons (Fsp3) is 0.900. The van der Waals surface area contributed by atoms with Gasteiger partial charge in [0.1, 0.15) is 0 Å². The second-order valence-electron chi connectivity index (χ2n) is 4.69. The Bertz CT molecular complexity index is 382. The van der Waals surface area contributed by atoms with Crippen molar-refractivity contribution in [2.45, 2.75) is 38.0 Å². The summed E-state index contributed by atoms with van der Waals surface area (Å²) in [4.78, 5) is 11.1. The second kappa shape index (κ2) is 5.32. The minimum absolute atomic E-state index is 0.0762. The first-order valence-electron chi connectivity index (χ1n) is 5.80. The third kappa shape index (κ3) is 2.97. The first-order chi connectivity index (χ1) is 7.80. The molecule has 1 aliphatic heterocycles. The largest absolute Gasteiger partial charge is 0.369 e. The number of rotatable bonds is 4. The van der Waals surface area contributed by atoms with E-state index in [0.29, 0.717) is 12.8 Å². The molecule has 100 valence electrons. The molecule has 1 aliphatic rings. The number of amides is 1. The molecule has 1 heterocycles. The summed E-state index contributed by atoms with van der Waals surface area (Å²) < 4.78 is 25.8. The molecule has 0 spiro atoms. The molecule has 3 atom stereocenters. The van der Waals surface area contributed by atoms with E-state index in [1.165, 1.54) is 4.31 Å². The fourth-order valence-corrected chi connectivity index (χ4v) is 3.71. The lowest BCUT2D eigenvalue weighted by molar-refractivity contribution is -0.123. The van der Waals surface area contributed by atoms with Gasteiger partial charge in [0.25, 0.3) is 0 Å². The van der Waals surface area contributed by atoms with Gasteiger partial charge >= 0.3 is 0 Å². The van der Waals surface area contributed by atoms with Crippen LogP contribution in [0.5, 0.6) is 0 Å². The lowest BCUT2D eigenvalue weighted by Gasteiger charge is -2.37. The predicted octanol–water partition coefficient (Wildman–Crippen LogP) is -0.751. The van der Waals surface area contributed by atoms with E-state index in [-0.39, 0.29) is 25.0 Å². The maximum absolute atomic E-state index is 12.2. The van der Waals surface area contributed by atoms with Crippen LogP contribution in [0.3, 0.4) is 0 Å². The smallest absolute Gasteiger partial charge is 0.221 e. The van der Waals surface area contributed by atoms with Gasteiger partial charge in [-0.25, -0.2) is 8.42 Å². The summed E-state index contributed by atoms with van der Waals surface area (Å²) >= 11 is 0. The van der Waals surface area contributed by atoms with Crippen molar-refractivity contribution in [3.8, 4) is 0 Å². The summed E-state index contributed by atoms with van der Waals surface area (Å²) in [6.07, 6.45) is 1.31. The highest BCUT2D eigenvalue weighted by Crippen LogP contribution is 2.26. The van der Waals surface area contributed by atoms with Gasteiger partial charge in [-0.05, 0) is 26.7 Å². The van der Waals surface area contributed by atoms with Gasteiger partial charge in [-0.1, -0.05) is 0 Å². The number of piperidine rings is 1. The van der Waals surface area contributed by atoms with Crippen molar-refractivity contribution < 1.29 is 13.2 Å². The zero-order valence-electron chi connectivity index (χ0n) is 10.3. The molecule has 17 heavy (non-hydrogen) atoms. The van der Waals surface area contributed by atoms with Crippen molar-refractivity contribution in [3.63, 3.8) is 0 Å². The van der Waals surface area contributed by atoms with Crippen LogP contribution in [-0.4, -0.2) is 43.0 Å². The van der Waals surface area contributed by atoms with Crippen molar-refractivity contribution in [1.29, 1.82) is 0 Å². The quantitative estimate of drug-likeness (QED) is 0.696. The molecule has 0 aliphatic carbocycles. The molecule has 0 aromatic heterocycles. The minimum atomic E-state index is -3.43. The van der Waals surface area contributed by atoms with Crippen LogP contribution in [0.1, 0.15) is 26.7 Å². The molecule has 0 saturated carbocycles. The zero-order valence-corrected chi connectivity index (χ0v) is 11.1. The molecule has 7 heteroatoms. The maximum Gasteiger partial charge on any atom is 0.221 e. The molecule has 1 saturated heterocycles. The first kappa shape index (κ1) is 14.4. The molecular formula is C10H21N3O3S. The fourth-order valence-electron chi connectivity index (χ4n) is 2.01. The summed E-state index contributed by atoms with van der Waals surface area (Å²) in [6.45, 7) is 3.68. The number of carbonyl (C=O) groups is 1. The predicted molar refractivity (Wildman–Crippen MR) is 65.5 cm³/mol. The van der Waals surface area contributed by atoms with Gasteiger partial charge in [-0.3, -0.25) is 4.79 Å². The molecule has 0 bridgehead atoms. The Morgan fingerprint density at radius 2 is 2.06 bits per heavy atom. The number of nitrogens with two attached hydrogens (primary N) is 2. The van der Waals surface area contributed by atoms with Crippen molar-refractivity contribution in [3.05, 3.63) is 0 Å². The van der Waals surface area contributed by atoms with E-state index in [4.69, 9.17) is 11.5 Å². The van der Waals surface area contributed by atoms with E-state index >= 15 is 0 Å². The van der Waals surface area contributed by atoms with Crippen molar-refractivity contribution in [2.24, 2.45) is 17.4 Å². The summed E-state index contributed by atoms with van der Waals surface area (Å²) in [5, 5.41) is -0.628. The van der Waals surface area contributed by atoms with Gasteiger partial charge in [-0.2, -0.15) is 4.31 Å². The average molecular weight is 263 g/mol. The van der Waals surface area contributed by atoms with Crippen LogP contribution in [0.15, 0.2) is 0 Å². The third-order valence-corrected chi connectivity index (χ3v) is 5.77. The van der Waals surface area contributed by atoms with Crippen molar-refractivity contribution >= 4 is 15.9 Å². The van der Waals surface area contributed by atoms with Gasteiger partial charge in [0.15, 0.2) is 0 Å². The number of hydrogen-bond acceptors (Lipinski definition) is 4. The summed E-state index contributed by atoms with van der Waals surface area (Å²) in [5.41, 5.74) is 10.6. The Morgan fingerprint density at radius 1 is 1.47 bits per heavy atom. The van der Waals surface area contributed by atoms with Crippen LogP contribution in [-0.2, 0) is 14.8 Å². The maximum atomic E-state index is 12.2. The summed E-state index contributed by atoms with van der Waals surface area (Å²) in [7, 11) is -3.43. The van der Waals surface area contributed by atoms with Gasteiger partial charge in [0.2, 0.25) is 15.9 Å². The number of carbonyl (C=O) groups excluding carboxylic acids is 1. The normalized spacial score (nSPS) is 28.9. The van der Waals surface area contributed by atoms with Gasteiger partial charge < -0.3 is 11.5 Å². The van der Waals surface area contributed by atoms with E-state index < -0.39 is 21.2 Å². The van der Waals surface area contributed by atoms with Crippen LogP contribution >= 0.6 is 0 Å². The molecule has 4 N–H and O–H groups in total. The Labute approximate surface area is 102 Å². The van der Waals surface area contributed by atoms with E-state index in [2.05, 4.69) is 0 Å². The highest BCUT2D eigenvalue weighted by Gasteiger charge is 2.37. The van der Waals surface area contributed by atoms with E-state index in [1.54, 1.807) is 6.92 Å². The molecule has 1 fully saturated rings. The average Bonchev–Trinajstić information content (AvgIpc) is 2.27. The highest BCUT2D eigenvalue weighted by atomic mass is 32.2. The molecule has 3 unspecified atom stereocenters.